The number of allylic oxidation sites excluding steroid dienone is 5. The molecule has 0 amide bonds. The van der Waals surface area contributed by atoms with Gasteiger partial charge in [-0.15, -0.1) is 0 Å². The fraction of sp³-hybridized carbons (Fsp3) is 0.419. The SMILES string of the molecule is CC1=Cc2c(-c3ccc(C(C)(C)C)cc3)cccc2[CH]1[Hf]([CH]1C(C)=C(C)C(C)=C1C)[SiH](C)C. The zero-order valence-corrected chi connectivity index (χ0v) is 27.1. The fourth-order valence-electron chi connectivity index (χ4n) is 6.08. The van der Waals surface area contributed by atoms with Gasteiger partial charge in [0.1, 0.15) is 0 Å². The maximum atomic E-state index is 2.66. The molecular formula is C31H41HfSi. The molecule has 4 rings (SSSR count). The van der Waals surface area contributed by atoms with E-state index in [9.17, 15) is 0 Å². The summed E-state index contributed by atoms with van der Waals surface area (Å²) in [4.78, 5) is 0. The number of rotatable bonds is 4. The van der Waals surface area contributed by atoms with Crippen molar-refractivity contribution in [2.45, 2.75) is 81.2 Å². The zero-order chi connectivity index (χ0) is 24.2. The molecule has 2 aromatic rings. The zero-order valence-electron chi connectivity index (χ0n) is 22.4. The van der Waals surface area contributed by atoms with Crippen LogP contribution in [-0.2, 0) is 26.0 Å². The summed E-state index contributed by atoms with van der Waals surface area (Å²) in [5.74, 6) is -0.732. The van der Waals surface area contributed by atoms with Crippen LogP contribution in [0.25, 0.3) is 17.2 Å². The molecule has 33 heavy (non-hydrogen) atoms. The molecule has 0 bridgehead atoms. The molecule has 0 heterocycles. The molecule has 1 unspecified atom stereocenters. The van der Waals surface area contributed by atoms with E-state index in [1.807, 2.05) is 0 Å². The molecule has 0 radical (unpaired) electrons. The summed E-state index contributed by atoms with van der Waals surface area (Å²) in [6, 6.07) is 16.5. The molecular weight excluding hydrogens is 579 g/mol. The Bertz CT molecular complexity index is 1140. The van der Waals surface area contributed by atoms with Gasteiger partial charge in [-0.3, -0.25) is 0 Å². The van der Waals surface area contributed by atoms with Gasteiger partial charge in [0.25, 0.3) is 0 Å². The van der Waals surface area contributed by atoms with Crippen LogP contribution in [0.15, 0.2) is 70.3 Å². The van der Waals surface area contributed by atoms with Crippen molar-refractivity contribution in [1.82, 2.24) is 0 Å². The summed E-state index contributed by atoms with van der Waals surface area (Å²) >= 11 is -2.05. The van der Waals surface area contributed by atoms with Crippen LogP contribution < -0.4 is 0 Å². The average Bonchev–Trinajstić information content (AvgIpc) is 3.18. The first-order valence-corrected chi connectivity index (χ1v) is 25.8. The summed E-state index contributed by atoms with van der Waals surface area (Å²) in [6.07, 6.45) is 2.56. The fourth-order valence-corrected chi connectivity index (χ4v) is 40.2. The Morgan fingerprint density at radius 3 is 1.85 bits per heavy atom. The summed E-state index contributed by atoms with van der Waals surface area (Å²) in [6.45, 7) is 24.3. The molecule has 0 N–H and O–H groups in total. The molecule has 0 saturated carbocycles. The first kappa shape index (κ1) is 24.9. The van der Waals surface area contributed by atoms with Crippen molar-refractivity contribution in [2.24, 2.45) is 0 Å². The van der Waals surface area contributed by atoms with Gasteiger partial charge >= 0.3 is 212 Å². The van der Waals surface area contributed by atoms with Crippen molar-refractivity contribution < 1.29 is 20.6 Å². The molecule has 2 aliphatic rings. The molecule has 0 saturated heterocycles. The van der Waals surface area contributed by atoms with Gasteiger partial charge in [-0.05, 0) is 0 Å². The number of hydrogen-bond donors (Lipinski definition) is 0. The number of benzene rings is 2. The molecule has 173 valence electrons. The Labute approximate surface area is 211 Å². The van der Waals surface area contributed by atoms with E-state index in [0.29, 0.717) is 0 Å². The van der Waals surface area contributed by atoms with Gasteiger partial charge in [0.15, 0.2) is 0 Å². The standard InChI is InChI=1S/C20H21.C9H13.C2H7Si.Hf/c1-14-12-16-6-5-7-18(19(16)13-14)15-8-10-17(11-9-15)20(2,3)4;1-6-5-7(2)9(4)8(6)3;1-3-2;/h5-13H,1-4H3;5H,1-4H3;3H,1-2H3;. The molecule has 2 aromatic carbocycles. The van der Waals surface area contributed by atoms with E-state index in [0.717, 1.165) is 7.35 Å². The van der Waals surface area contributed by atoms with E-state index in [2.05, 4.69) is 117 Å². The summed E-state index contributed by atoms with van der Waals surface area (Å²) in [7, 11) is 0. The Balaban J connectivity index is 1.80. The number of hydrogen-bond acceptors (Lipinski definition) is 0. The molecule has 0 fully saturated rings. The first-order valence-electron chi connectivity index (χ1n) is 12.6. The van der Waals surface area contributed by atoms with Crippen LogP contribution in [0.3, 0.4) is 0 Å². The van der Waals surface area contributed by atoms with E-state index in [4.69, 9.17) is 0 Å². The van der Waals surface area contributed by atoms with Crippen molar-refractivity contribution in [3.05, 3.63) is 87.0 Å². The van der Waals surface area contributed by atoms with Gasteiger partial charge in [-0.1, -0.05) is 0 Å². The van der Waals surface area contributed by atoms with Gasteiger partial charge < -0.3 is 0 Å². The van der Waals surface area contributed by atoms with Crippen LogP contribution in [0.2, 0.25) is 16.8 Å². The van der Waals surface area contributed by atoms with Crippen LogP contribution in [0.5, 0.6) is 0 Å². The summed E-state index contributed by atoms with van der Waals surface area (Å²) in [5.41, 5.74) is 15.8. The average molecular weight is 620 g/mol. The van der Waals surface area contributed by atoms with Crippen molar-refractivity contribution in [3.63, 3.8) is 0 Å². The molecule has 1 atom stereocenters. The Kier molecular flexibility index (Phi) is 6.84. The minimum absolute atomic E-state index is 0.191. The van der Waals surface area contributed by atoms with Crippen LogP contribution in [0.4, 0.5) is 0 Å². The monoisotopic (exact) mass is 621 g/mol. The molecule has 0 nitrogen and oxygen atoms in total. The predicted octanol–water partition coefficient (Wildman–Crippen LogP) is 9.19. The van der Waals surface area contributed by atoms with Crippen molar-refractivity contribution in [2.75, 3.05) is 0 Å². The summed E-state index contributed by atoms with van der Waals surface area (Å²) in [5, 5.41) is 0. The summed E-state index contributed by atoms with van der Waals surface area (Å²) < 4.78 is 1.56. The third kappa shape index (κ3) is 4.31. The van der Waals surface area contributed by atoms with Gasteiger partial charge in [0.05, 0.1) is 0 Å². The van der Waals surface area contributed by atoms with E-state index in [-0.39, 0.29) is 5.41 Å². The molecule has 2 heteroatoms. The van der Waals surface area contributed by atoms with Crippen molar-refractivity contribution in [1.29, 1.82) is 0 Å². The Hall–Kier alpha value is -1.25. The molecule has 0 aromatic heterocycles. The van der Waals surface area contributed by atoms with Gasteiger partial charge in [-0.25, -0.2) is 0 Å². The quantitative estimate of drug-likeness (QED) is 0.299. The van der Waals surface area contributed by atoms with E-state index < -0.39 is 26.6 Å². The second kappa shape index (κ2) is 9.08. The topological polar surface area (TPSA) is 0 Å². The van der Waals surface area contributed by atoms with Crippen LogP contribution >= 0.6 is 0 Å². The minimum atomic E-state index is -2.05. The maximum absolute atomic E-state index is 2.66. The molecule has 0 spiro atoms. The van der Waals surface area contributed by atoms with E-state index >= 15 is 0 Å². The van der Waals surface area contributed by atoms with Crippen molar-refractivity contribution in [3.8, 4) is 11.1 Å². The van der Waals surface area contributed by atoms with Crippen LogP contribution in [-0.4, -0.2) is 5.98 Å². The number of fused-ring (bicyclic) bond motifs is 1. The van der Waals surface area contributed by atoms with Gasteiger partial charge in [0.2, 0.25) is 0 Å². The second-order valence-corrected chi connectivity index (χ2v) is 39.6. The first-order chi connectivity index (χ1) is 15.4. The third-order valence-electron chi connectivity index (χ3n) is 8.29. The Morgan fingerprint density at radius 1 is 0.758 bits per heavy atom. The molecule has 0 aliphatic heterocycles. The second-order valence-electron chi connectivity index (χ2n) is 11.7. The van der Waals surface area contributed by atoms with Gasteiger partial charge in [-0.2, -0.15) is 0 Å². The van der Waals surface area contributed by atoms with Crippen molar-refractivity contribution >= 4 is 12.1 Å². The third-order valence-corrected chi connectivity index (χ3v) is 40.1. The van der Waals surface area contributed by atoms with E-state index in [1.165, 1.54) is 22.3 Å². The van der Waals surface area contributed by atoms with Crippen LogP contribution in [0, 0.1) is 0 Å². The van der Waals surface area contributed by atoms with E-state index in [1.54, 1.807) is 33.4 Å². The Morgan fingerprint density at radius 2 is 1.33 bits per heavy atom. The normalized spacial score (nSPS) is 19.0. The molecule has 2 aliphatic carbocycles. The van der Waals surface area contributed by atoms with Gasteiger partial charge in [0, 0.05) is 0 Å². The predicted molar refractivity (Wildman–Crippen MR) is 146 cm³/mol. The van der Waals surface area contributed by atoms with Crippen LogP contribution in [0.1, 0.15) is 75.8 Å².